The summed E-state index contributed by atoms with van der Waals surface area (Å²) in [6.45, 7) is 1.86. The van der Waals surface area contributed by atoms with Gasteiger partial charge in [0, 0.05) is 16.1 Å². The molecule has 164 valence electrons. The Hall–Kier alpha value is -3.77. The van der Waals surface area contributed by atoms with Gasteiger partial charge in [0.05, 0.1) is 28.3 Å². The van der Waals surface area contributed by atoms with Gasteiger partial charge in [0.1, 0.15) is 5.75 Å². The number of allylic oxidation sites excluding steroid dienone is 2. The van der Waals surface area contributed by atoms with Crippen molar-refractivity contribution in [1.82, 2.24) is 4.98 Å². The van der Waals surface area contributed by atoms with Gasteiger partial charge in [-0.2, -0.15) is 0 Å². The van der Waals surface area contributed by atoms with E-state index in [1.807, 2.05) is 49.4 Å². The number of thiophene rings is 1. The molecule has 2 aromatic carbocycles. The molecule has 5 rings (SSSR count). The van der Waals surface area contributed by atoms with E-state index in [2.05, 4.69) is 17.1 Å². The van der Waals surface area contributed by atoms with Gasteiger partial charge in [0.2, 0.25) is 0 Å². The molecule has 1 aliphatic rings. The molecule has 4 aromatic rings. The fourth-order valence-corrected chi connectivity index (χ4v) is 5.26. The van der Waals surface area contributed by atoms with Crippen LogP contribution in [-0.2, 0) is 11.2 Å². The summed E-state index contributed by atoms with van der Waals surface area (Å²) >= 11 is 1.49. The number of aliphatic imine (C=N–C) groups is 1. The molecule has 6 heteroatoms. The van der Waals surface area contributed by atoms with E-state index < -0.39 is 5.92 Å². The van der Waals surface area contributed by atoms with Gasteiger partial charge in [-0.05, 0) is 49.6 Å². The molecule has 2 aromatic heterocycles. The van der Waals surface area contributed by atoms with E-state index in [-0.39, 0.29) is 11.5 Å². The van der Waals surface area contributed by atoms with E-state index in [9.17, 15) is 9.90 Å². The summed E-state index contributed by atoms with van der Waals surface area (Å²) in [7, 11) is 0. The maximum Gasteiger partial charge on any atom is 0.181 e. The Bertz CT molecular complexity index is 1350. The van der Waals surface area contributed by atoms with Gasteiger partial charge in [0.15, 0.2) is 17.9 Å². The number of carbonyl (C=O) groups is 1. The predicted molar refractivity (Wildman–Crippen MR) is 130 cm³/mol. The van der Waals surface area contributed by atoms with Crippen LogP contribution in [0.15, 0.2) is 94.4 Å². The Labute approximate surface area is 195 Å². The van der Waals surface area contributed by atoms with Gasteiger partial charge in [-0.15, -0.1) is 11.3 Å². The minimum absolute atomic E-state index is 0.0302. The molecule has 0 saturated heterocycles. The van der Waals surface area contributed by atoms with Crippen LogP contribution >= 0.6 is 11.3 Å². The van der Waals surface area contributed by atoms with Crippen LogP contribution in [0.4, 0.5) is 0 Å². The molecule has 5 nitrogen and oxygen atoms in total. The lowest BCUT2D eigenvalue weighted by Crippen LogP contribution is -2.30. The fraction of sp³-hybridized carbons (Fsp3) is 0.148. The van der Waals surface area contributed by atoms with Crippen LogP contribution in [0.5, 0.6) is 5.75 Å². The minimum Gasteiger partial charge on any atom is -0.507 e. The van der Waals surface area contributed by atoms with Crippen molar-refractivity contribution in [2.24, 2.45) is 10.9 Å². The first-order valence-electron chi connectivity index (χ1n) is 10.8. The molecule has 0 bridgehead atoms. The number of phenolic OH excluding ortho intramolecular Hbond substituents is 1. The SMILES string of the molecule is CC1=C(c2ccc(-c3cnco3)s2)C(=O)C(CCc2ccccc2)C(c2ccccc2O)=N1. The third-order valence-corrected chi connectivity index (χ3v) is 6.93. The van der Waals surface area contributed by atoms with Crippen molar-refractivity contribution in [1.29, 1.82) is 0 Å². The number of Topliss-reactive ketones (excluding diaryl/α,β-unsaturated/α-hetero) is 1. The number of aromatic hydroxyl groups is 1. The number of aryl methyl sites for hydroxylation is 1. The van der Waals surface area contributed by atoms with Crippen molar-refractivity contribution < 1.29 is 14.3 Å². The molecule has 3 heterocycles. The summed E-state index contributed by atoms with van der Waals surface area (Å²) in [6, 6.07) is 21.1. The average Bonchev–Trinajstić information content (AvgIpc) is 3.52. The molecular formula is C27H22N2O3S. The highest BCUT2D eigenvalue weighted by Crippen LogP contribution is 2.39. The first kappa shape index (κ1) is 21.1. The molecule has 1 N–H and O–H groups in total. The second-order valence-corrected chi connectivity index (χ2v) is 9.03. The zero-order valence-corrected chi connectivity index (χ0v) is 18.9. The molecule has 0 spiro atoms. The van der Waals surface area contributed by atoms with Crippen LogP contribution in [-0.4, -0.2) is 21.6 Å². The maximum atomic E-state index is 13.9. The van der Waals surface area contributed by atoms with E-state index in [0.717, 1.165) is 16.2 Å². The first-order valence-corrected chi connectivity index (χ1v) is 11.6. The Morgan fingerprint density at radius 3 is 2.52 bits per heavy atom. The molecule has 1 atom stereocenters. The molecule has 0 saturated carbocycles. The molecule has 33 heavy (non-hydrogen) atoms. The van der Waals surface area contributed by atoms with Crippen molar-refractivity contribution >= 4 is 28.4 Å². The number of oxazole rings is 1. The molecule has 0 radical (unpaired) electrons. The van der Waals surface area contributed by atoms with Gasteiger partial charge in [-0.1, -0.05) is 42.5 Å². The normalized spacial score (nSPS) is 16.2. The third kappa shape index (κ3) is 4.17. The highest BCUT2D eigenvalue weighted by atomic mass is 32.1. The summed E-state index contributed by atoms with van der Waals surface area (Å²) in [5, 5.41) is 10.5. The summed E-state index contributed by atoms with van der Waals surface area (Å²) < 4.78 is 5.41. The van der Waals surface area contributed by atoms with Gasteiger partial charge < -0.3 is 9.52 Å². The number of hydrogen-bond donors (Lipinski definition) is 1. The highest BCUT2D eigenvalue weighted by molar-refractivity contribution is 7.16. The minimum atomic E-state index is -0.451. The van der Waals surface area contributed by atoms with E-state index in [1.54, 1.807) is 18.3 Å². The van der Waals surface area contributed by atoms with Crippen LogP contribution < -0.4 is 0 Å². The number of nitrogens with zero attached hydrogens (tertiary/aromatic N) is 2. The Morgan fingerprint density at radius 1 is 1.00 bits per heavy atom. The molecular weight excluding hydrogens is 432 g/mol. The van der Waals surface area contributed by atoms with Gasteiger partial charge in [0.25, 0.3) is 0 Å². The fourth-order valence-electron chi connectivity index (χ4n) is 4.19. The summed E-state index contributed by atoms with van der Waals surface area (Å²) in [5.41, 5.74) is 3.68. The van der Waals surface area contributed by atoms with Crippen molar-refractivity contribution in [2.75, 3.05) is 0 Å². The Balaban J connectivity index is 1.55. The number of carbonyl (C=O) groups excluding carboxylic acids is 1. The maximum absolute atomic E-state index is 13.9. The van der Waals surface area contributed by atoms with Crippen molar-refractivity contribution in [3.63, 3.8) is 0 Å². The molecule has 0 amide bonds. The summed E-state index contributed by atoms with van der Waals surface area (Å²) in [5.74, 6) is 0.385. The number of benzene rings is 2. The second kappa shape index (κ2) is 9.00. The van der Waals surface area contributed by atoms with Gasteiger partial charge in [-0.3, -0.25) is 9.79 Å². The van der Waals surface area contributed by atoms with Crippen LogP contribution in [0.25, 0.3) is 16.2 Å². The van der Waals surface area contributed by atoms with Crippen LogP contribution in [0.1, 0.15) is 29.3 Å². The number of rotatable bonds is 6. The summed E-state index contributed by atoms with van der Waals surface area (Å²) in [4.78, 5) is 24.5. The number of para-hydroxylation sites is 1. The second-order valence-electron chi connectivity index (χ2n) is 7.95. The van der Waals surface area contributed by atoms with E-state index in [1.165, 1.54) is 23.3 Å². The van der Waals surface area contributed by atoms with Crippen LogP contribution in [0.3, 0.4) is 0 Å². The number of aromatic nitrogens is 1. The van der Waals surface area contributed by atoms with Gasteiger partial charge >= 0.3 is 0 Å². The number of hydrogen-bond acceptors (Lipinski definition) is 6. The van der Waals surface area contributed by atoms with Crippen molar-refractivity contribution in [2.45, 2.75) is 19.8 Å². The third-order valence-electron chi connectivity index (χ3n) is 5.81. The van der Waals surface area contributed by atoms with Crippen molar-refractivity contribution in [3.05, 3.63) is 101 Å². The topological polar surface area (TPSA) is 75.7 Å². The smallest absolute Gasteiger partial charge is 0.181 e. The lowest BCUT2D eigenvalue weighted by Gasteiger charge is -2.25. The zero-order valence-electron chi connectivity index (χ0n) is 18.1. The largest absolute Gasteiger partial charge is 0.507 e. The van der Waals surface area contributed by atoms with E-state index >= 15 is 0 Å². The van der Waals surface area contributed by atoms with E-state index in [4.69, 9.17) is 9.41 Å². The van der Waals surface area contributed by atoms with Crippen molar-refractivity contribution in [3.8, 4) is 16.4 Å². The molecule has 0 aliphatic carbocycles. The lowest BCUT2D eigenvalue weighted by molar-refractivity contribution is -0.115. The van der Waals surface area contributed by atoms with E-state index in [0.29, 0.717) is 34.7 Å². The van der Waals surface area contributed by atoms with Crippen LogP contribution in [0, 0.1) is 5.92 Å². The monoisotopic (exact) mass is 454 g/mol. The molecule has 1 unspecified atom stereocenters. The quantitative estimate of drug-likeness (QED) is 0.378. The summed E-state index contributed by atoms with van der Waals surface area (Å²) in [6.07, 6.45) is 4.40. The molecule has 0 fully saturated rings. The standard InChI is InChI=1S/C27H22N2O3S/c1-17-25(24-14-13-23(33-24)22-15-28-16-32-22)27(31)20(12-11-18-7-3-2-4-8-18)26(29-17)19-9-5-6-10-21(19)30/h2-10,13-16,20,30H,11-12H2,1H3. The van der Waals surface area contributed by atoms with Gasteiger partial charge in [-0.25, -0.2) is 4.98 Å². The zero-order chi connectivity index (χ0) is 22.8. The first-order chi connectivity index (χ1) is 16.1. The number of phenols is 1. The predicted octanol–water partition coefficient (Wildman–Crippen LogP) is 6.16. The number of ketones is 1. The average molecular weight is 455 g/mol. The van der Waals surface area contributed by atoms with Crippen LogP contribution in [0.2, 0.25) is 0 Å². The lowest BCUT2D eigenvalue weighted by atomic mass is 9.81. The Morgan fingerprint density at radius 2 is 1.76 bits per heavy atom. The Kier molecular flexibility index (Phi) is 5.75. The highest BCUT2D eigenvalue weighted by Gasteiger charge is 2.35. The molecule has 1 aliphatic heterocycles.